The molecule has 0 spiro atoms. The predicted molar refractivity (Wildman–Crippen MR) is 74.1 cm³/mol. The summed E-state index contributed by atoms with van der Waals surface area (Å²) in [5, 5.41) is 1.15. The van der Waals surface area contributed by atoms with Crippen LogP contribution in [0.4, 0.5) is 5.13 Å². The van der Waals surface area contributed by atoms with Gasteiger partial charge < -0.3 is 15.4 Å². The summed E-state index contributed by atoms with van der Waals surface area (Å²) in [6.07, 6.45) is 5.42. The molecule has 2 bridgehead atoms. The van der Waals surface area contributed by atoms with Crippen molar-refractivity contribution in [2.75, 3.05) is 18.0 Å². The van der Waals surface area contributed by atoms with Gasteiger partial charge in [0, 0.05) is 24.5 Å². The minimum absolute atomic E-state index is 0.420. The fourth-order valence-corrected chi connectivity index (χ4v) is 3.87. The number of anilines is 1. The van der Waals surface area contributed by atoms with E-state index in [9.17, 15) is 0 Å². The summed E-state index contributed by atoms with van der Waals surface area (Å²) < 4.78 is 5.87. The lowest BCUT2D eigenvalue weighted by Gasteiger charge is -2.31. The molecular weight excluding hydrogens is 246 g/mol. The van der Waals surface area contributed by atoms with Crippen molar-refractivity contribution in [1.29, 1.82) is 0 Å². The molecule has 2 saturated heterocycles. The molecule has 3 heterocycles. The number of nitrogens with two attached hydrogens (primary N) is 1. The molecule has 0 saturated carbocycles. The van der Waals surface area contributed by atoms with Crippen LogP contribution in [-0.4, -0.2) is 30.3 Å². The van der Waals surface area contributed by atoms with Crippen LogP contribution in [0.3, 0.4) is 0 Å². The Hall–Kier alpha value is -0.650. The van der Waals surface area contributed by atoms with Gasteiger partial charge >= 0.3 is 0 Å². The summed E-state index contributed by atoms with van der Waals surface area (Å²) in [7, 11) is 0. The van der Waals surface area contributed by atoms with Crippen LogP contribution in [0.1, 0.15) is 36.8 Å². The summed E-state index contributed by atoms with van der Waals surface area (Å²) in [6, 6.07) is 0. The molecule has 2 aliphatic heterocycles. The van der Waals surface area contributed by atoms with Crippen molar-refractivity contribution in [3.63, 3.8) is 0 Å². The summed E-state index contributed by atoms with van der Waals surface area (Å²) >= 11 is 1.77. The maximum Gasteiger partial charge on any atom is 0.186 e. The Morgan fingerprint density at radius 2 is 2.11 bits per heavy atom. The quantitative estimate of drug-likeness (QED) is 0.905. The molecule has 3 rings (SSSR count). The van der Waals surface area contributed by atoms with Crippen molar-refractivity contribution in [3.8, 4) is 0 Å². The SMILES string of the molecule is CCCc1nc(N2CC3CCC(C2)O3)sc1CN. The Bertz CT molecular complexity index is 408. The molecule has 18 heavy (non-hydrogen) atoms. The number of hydrogen-bond donors (Lipinski definition) is 1. The van der Waals surface area contributed by atoms with Gasteiger partial charge in [0.25, 0.3) is 0 Å². The third kappa shape index (κ3) is 2.27. The number of ether oxygens (including phenoxy) is 1. The lowest BCUT2D eigenvalue weighted by Crippen LogP contribution is -2.42. The van der Waals surface area contributed by atoms with Gasteiger partial charge in [-0.05, 0) is 19.3 Å². The highest BCUT2D eigenvalue weighted by Crippen LogP contribution is 2.33. The molecule has 1 aromatic heterocycles. The van der Waals surface area contributed by atoms with E-state index in [1.54, 1.807) is 11.3 Å². The van der Waals surface area contributed by atoms with Gasteiger partial charge in [-0.15, -0.1) is 11.3 Å². The topological polar surface area (TPSA) is 51.4 Å². The number of morpholine rings is 1. The summed E-state index contributed by atoms with van der Waals surface area (Å²) in [5.74, 6) is 0. The Morgan fingerprint density at radius 3 is 2.72 bits per heavy atom. The van der Waals surface area contributed by atoms with Crippen LogP contribution in [-0.2, 0) is 17.7 Å². The molecule has 2 unspecified atom stereocenters. The maximum absolute atomic E-state index is 5.87. The first-order valence-corrected chi connectivity index (χ1v) is 7.70. The summed E-state index contributed by atoms with van der Waals surface area (Å²) in [5.41, 5.74) is 7.03. The first-order valence-electron chi connectivity index (χ1n) is 6.89. The number of nitrogens with zero attached hydrogens (tertiary/aromatic N) is 2. The monoisotopic (exact) mass is 267 g/mol. The van der Waals surface area contributed by atoms with E-state index in [4.69, 9.17) is 15.5 Å². The average molecular weight is 267 g/mol. The second-order valence-corrected chi connectivity index (χ2v) is 6.24. The molecule has 2 fully saturated rings. The van der Waals surface area contributed by atoms with E-state index in [0.29, 0.717) is 18.8 Å². The standard InChI is InChI=1S/C13H21N3OS/c1-2-3-11-12(6-14)18-13(15-11)16-7-9-4-5-10(8-16)17-9/h9-10H,2-8,14H2,1H3. The largest absolute Gasteiger partial charge is 0.371 e. The van der Waals surface area contributed by atoms with Crippen LogP contribution >= 0.6 is 11.3 Å². The Kier molecular flexibility index (Phi) is 3.54. The van der Waals surface area contributed by atoms with Crippen molar-refractivity contribution in [1.82, 2.24) is 4.98 Å². The second-order valence-electron chi connectivity index (χ2n) is 5.18. The zero-order valence-electron chi connectivity index (χ0n) is 10.9. The lowest BCUT2D eigenvalue weighted by atomic mass is 10.2. The summed E-state index contributed by atoms with van der Waals surface area (Å²) in [6.45, 7) is 4.80. The normalized spacial score (nSPS) is 26.9. The van der Waals surface area contributed by atoms with Gasteiger partial charge in [0.1, 0.15) is 0 Å². The van der Waals surface area contributed by atoms with Crippen LogP contribution in [0.5, 0.6) is 0 Å². The molecule has 0 aliphatic carbocycles. The molecule has 2 N–H and O–H groups in total. The van der Waals surface area contributed by atoms with Crippen molar-refractivity contribution in [2.45, 2.75) is 51.4 Å². The Morgan fingerprint density at radius 1 is 1.39 bits per heavy atom. The number of hydrogen-bond acceptors (Lipinski definition) is 5. The number of thiazole rings is 1. The molecule has 2 atom stereocenters. The smallest absolute Gasteiger partial charge is 0.186 e. The van der Waals surface area contributed by atoms with E-state index in [1.165, 1.54) is 23.4 Å². The fraction of sp³-hybridized carbons (Fsp3) is 0.769. The van der Waals surface area contributed by atoms with Crippen LogP contribution in [0.15, 0.2) is 0 Å². The highest BCUT2D eigenvalue weighted by atomic mass is 32.1. The highest BCUT2D eigenvalue weighted by molar-refractivity contribution is 7.15. The van der Waals surface area contributed by atoms with Gasteiger partial charge in [-0.3, -0.25) is 0 Å². The van der Waals surface area contributed by atoms with E-state index in [2.05, 4.69) is 11.8 Å². The third-order valence-corrected chi connectivity index (χ3v) is 4.93. The highest BCUT2D eigenvalue weighted by Gasteiger charge is 2.34. The van der Waals surface area contributed by atoms with Crippen molar-refractivity contribution >= 4 is 16.5 Å². The maximum atomic E-state index is 5.87. The zero-order valence-corrected chi connectivity index (χ0v) is 11.7. The van der Waals surface area contributed by atoms with E-state index >= 15 is 0 Å². The first-order chi connectivity index (χ1) is 8.80. The molecule has 0 aromatic carbocycles. The van der Waals surface area contributed by atoms with E-state index in [-0.39, 0.29) is 0 Å². The van der Waals surface area contributed by atoms with Crippen LogP contribution < -0.4 is 10.6 Å². The average Bonchev–Trinajstić information content (AvgIpc) is 2.93. The van der Waals surface area contributed by atoms with Gasteiger partial charge in [0.15, 0.2) is 5.13 Å². The van der Waals surface area contributed by atoms with Crippen LogP contribution in [0, 0.1) is 0 Å². The minimum atomic E-state index is 0.420. The van der Waals surface area contributed by atoms with Gasteiger partial charge in [-0.25, -0.2) is 4.98 Å². The molecule has 5 heteroatoms. The third-order valence-electron chi connectivity index (χ3n) is 3.75. The van der Waals surface area contributed by atoms with Crippen LogP contribution in [0.25, 0.3) is 0 Å². The molecule has 0 radical (unpaired) electrons. The number of rotatable bonds is 4. The van der Waals surface area contributed by atoms with E-state index in [1.807, 2.05) is 0 Å². The van der Waals surface area contributed by atoms with E-state index < -0.39 is 0 Å². The van der Waals surface area contributed by atoms with Gasteiger partial charge in [0.05, 0.1) is 17.9 Å². The minimum Gasteiger partial charge on any atom is -0.371 e. The van der Waals surface area contributed by atoms with Gasteiger partial charge in [-0.1, -0.05) is 13.3 Å². The molecule has 1 aromatic rings. The van der Waals surface area contributed by atoms with E-state index in [0.717, 1.165) is 31.1 Å². The Balaban J connectivity index is 1.79. The number of aryl methyl sites for hydroxylation is 1. The van der Waals surface area contributed by atoms with Gasteiger partial charge in [0.2, 0.25) is 0 Å². The molecule has 4 nitrogen and oxygen atoms in total. The number of aromatic nitrogens is 1. The fourth-order valence-electron chi connectivity index (χ4n) is 2.87. The Labute approximate surface area is 112 Å². The predicted octanol–water partition coefficient (Wildman–Crippen LogP) is 1.92. The lowest BCUT2D eigenvalue weighted by molar-refractivity contribution is 0.0305. The van der Waals surface area contributed by atoms with Crippen molar-refractivity contribution < 1.29 is 4.74 Å². The molecular formula is C13H21N3OS. The summed E-state index contributed by atoms with van der Waals surface area (Å²) in [4.78, 5) is 8.45. The molecule has 100 valence electrons. The zero-order chi connectivity index (χ0) is 12.5. The second kappa shape index (κ2) is 5.15. The molecule has 2 aliphatic rings. The molecule has 0 amide bonds. The van der Waals surface area contributed by atoms with Crippen LogP contribution in [0.2, 0.25) is 0 Å². The number of fused-ring (bicyclic) bond motifs is 2. The van der Waals surface area contributed by atoms with Crippen molar-refractivity contribution in [2.24, 2.45) is 5.73 Å². The van der Waals surface area contributed by atoms with Crippen molar-refractivity contribution in [3.05, 3.63) is 10.6 Å². The first kappa shape index (κ1) is 12.4. The van der Waals surface area contributed by atoms with Gasteiger partial charge in [-0.2, -0.15) is 0 Å².